The van der Waals surface area contributed by atoms with Gasteiger partial charge in [-0.25, -0.2) is 0 Å². The molecule has 4 heteroatoms. The molecule has 2 atom stereocenters. The standard InChI is InChI=1S/C20H35NO3/c1-3-21(4-2)14-15-24-20(23)18-13-9-8-12-17(18)19(22)16-10-6-5-7-11-16/h16-18H,3-15H2,1-2H3/t17-,18-/m0/s1. The molecule has 2 rings (SSSR count). The number of hydrogen-bond donors (Lipinski definition) is 0. The van der Waals surface area contributed by atoms with E-state index in [0.29, 0.717) is 12.4 Å². The Hall–Kier alpha value is -0.900. The van der Waals surface area contributed by atoms with Crippen molar-refractivity contribution in [3.05, 3.63) is 0 Å². The first-order valence-electron chi connectivity index (χ1n) is 10.1. The molecule has 0 aromatic rings. The van der Waals surface area contributed by atoms with Crippen molar-refractivity contribution in [2.75, 3.05) is 26.2 Å². The number of hydrogen-bond acceptors (Lipinski definition) is 4. The average molecular weight is 338 g/mol. The van der Waals surface area contributed by atoms with Gasteiger partial charge in [-0.1, -0.05) is 46.0 Å². The van der Waals surface area contributed by atoms with Crippen molar-refractivity contribution in [1.82, 2.24) is 4.90 Å². The molecule has 0 aromatic heterocycles. The highest BCUT2D eigenvalue weighted by atomic mass is 16.5. The molecule has 0 aromatic carbocycles. The van der Waals surface area contributed by atoms with Crippen LogP contribution in [-0.4, -0.2) is 42.9 Å². The highest BCUT2D eigenvalue weighted by Crippen LogP contribution is 2.36. The lowest BCUT2D eigenvalue weighted by molar-refractivity contribution is -0.155. The van der Waals surface area contributed by atoms with Gasteiger partial charge in [0, 0.05) is 18.4 Å². The van der Waals surface area contributed by atoms with Crippen molar-refractivity contribution in [1.29, 1.82) is 0 Å². The molecule has 0 spiro atoms. The summed E-state index contributed by atoms with van der Waals surface area (Å²) in [5.74, 6) is 0.164. The van der Waals surface area contributed by atoms with Crippen molar-refractivity contribution >= 4 is 11.8 Å². The molecule has 2 aliphatic carbocycles. The van der Waals surface area contributed by atoms with Crippen molar-refractivity contribution in [2.24, 2.45) is 17.8 Å². The quantitative estimate of drug-likeness (QED) is 0.632. The fraction of sp³-hybridized carbons (Fsp3) is 0.900. The molecule has 0 unspecified atom stereocenters. The minimum Gasteiger partial charge on any atom is -0.464 e. The van der Waals surface area contributed by atoms with Crippen molar-refractivity contribution in [3.63, 3.8) is 0 Å². The number of carbonyl (C=O) groups excluding carboxylic acids is 2. The molecule has 24 heavy (non-hydrogen) atoms. The van der Waals surface area contributed by atoms with Gasteiger partial charge in [0.1, 0.15) is 12.4 Å². The van der Waals surface area contributed by atoms with Crippen LogP contribution in [0.25, 0.3) is 0 Å². The molecule has 2 aliphatic rings. The highest BCUT2D eigenvalue weighted by molar-refractivity contribution is 5.88. The summed E-state index contributed by atoms with van der Waals surface area (Å²) in [5, 5.41) is 0. The smallest absolute Gasteiger partial charge is 0.309 e. The van der Waals surface area contributed by atoms with Crippen LogP contribution in [-0.2, 0) is 14.3 Å². The second kappa shape index (κ2) is 10.2. The fourth-order valence-electron chi connectivity index (χ4n) is 4.37. The monoisotopic (exact) mass is 337 g/mol. The summed E-state index contributed by atoms with van der Waals surface area (Å²) in [5.41, 5.74) is 0. The van der Waals surface area contributed by atoms with Crippen LogP contribution >= 0.6 is 0 Å². The Morgan fingerprint density at radius 2 is 1.46 bits per heavy atom. The second-order valence-corrected chi connectivity index (χ2v) is 7.43. The summed E-state index contributed by atoms with van der Waals surface area (Å²) in [6.45, 7) is 7.41. The van der Waals surface area contributed by atoms with E-state index in [9.17, 15) is 9.59 Å². The summed E-state index contributed by atoms with van der Waals surface area (Å²) < 4.78 is 5.55. The van der Waals surface area contributed by atoms with Gasteiger partial charge in [0.25, 0.3) is 0 Å². The van der Waals surface area contributed by atoms with Crippen LogP contribution in [0.3, 0.4) is 0 Å². The van der Waals surface area contributed by atoms with E-state index in [2.05, 4.69) is 18.7 Å². The van der Waals surface area contributed by atoms with Gasteiger partial charge in [0.05, 0.1) is 5.92 Å². The zero-order valence-electron chi connectivity index (χ0n) is 15.6. The summed E-state index contributed by atoms with van der Waals surface area (Å²) >= 11 is 0. The van der Waals surface area contributed by atoms with Gasteiger partial charge in [-0.3, -0.25) is 9.59 Å². The van der Waals surface area contributed by atoms with Crippen LogP contribution in [0, 0.1) is 17.8 Å². The molecule has 138 valence electrons. The van der Waals surface area contributed by atoms with Gasteiger partial charge in [-0.2, -0.15) is 0 Å². The largest absolute Gasteiger partial charge is 0.464 e. The molecule has 0 bridgehead atoms. The Balaban J connectivity index is 1.87. The molecular formula is C20H35NO3. The lowest BCUT2D eigenvalue weighted by Gasteiger charge is -2.32. The van der Waals surface area contributed by atoms with Crippen molar-refractivity contribution in [2.45, 2.75) is 71.6 Å². The van der Waals surface area contributed by atoms with Gasteiger partial charge in [0.2, 0.25) is 0 Å². The SMILES string of the molecule is CCN(CC)CCOC(=O)[C@H]1CCCC[C@@H]1C(=O)C1CCCCC1. The average Bonchev–Trinajstić information content (AvgIpc) is 2.65. The zero-order chi connectivity index (χ0) is 17.4. The number of Topliss-reactive ketones (excluding diaryl/α,β-unsaturated/α-hetero) is 1. The van der Waals surface area contributed by atoms with Crippen LogP contribution in [0.5, 0.6) is 0 Å². The summed E-state index contributed by atoms with van der Waals surface area (Å²) in [6.07, 6.45) is 9.47. The molecular weight excluding hydrogens is 302 g/mol. The topological polar surface area (TPSA) is 46.6 Å². The fourth-order valence-corrected chi connectivity index (χ4v) is 4.37. The van der Waals surface area contributed by atoms with E-state index < -0.39 is 0 Å². The number of ether oxygens (including phenoxy) is 1. The molecule has 2 saturated carbocycles. The molecule has 0 aliphatic heterocycles. The Labute approximate surface area is 147 Å². The van der Waals surface area contributed by atoms with E-state index in [-0.39, 0.29) is 23.7 Å². The van der Waals surface area contributed by atoms with E-state index in [1.165, 1.54) is 19.3 Å². The normalized spacial score (nSPS) is 25.6. The number of likely N-dealkylation sites (N-methyl/N-ethyl adjacent to an activating group) is 1. The summed E-state index contributed by atoms with van der Waals surface area (Å²) in [4.78, 5) is 27.7. The molecule has 4 nitrogen and oxygen atoms in total. The van der Waals surface area contributed by atoms with Crippen LogP contribution in [0.2, 0.25) is 0 Å². The second-order valence-electron chi connectivity index (χ2n) is 7.43. The van der Waals surface area contributed by atoms with Crippen LogP contribution in [0.1, 0.15) is 71.6 Å². The Kier molecular flexibility index (Phi) is 8.23. The van der Waals surface area contributed by atoms with Crippen molar-refractivity contribution in [3.8, 4) is 0 Å². The third kappa shape index (κ3) is 5.30. The maximum absolute atomic E-state index is 12.9. The zero-order valence-corrected chi connectivity index (χ0v) is 15.6. The third-order valence-corrected chi connectivity index (χ3v) is 5.99. The van der Waals surface area contributed by atoms with E-state index in [0.717, 1.165) is 58.2 Å². The first kappa shape index (κ1) is 19.4. The van der Waals surface area contributed by atoms with E-state index in [1.807, 2.05) is 0 Å². The van der Waals surface area contributed by atoms with Crippen LogP contribution < -0.4 is 0 Å². The van der Waals surface area contributed by atoms with Gasteiger partial charge in [-0.05, 0) is 38.8 Å². The minimum atomic E-state index is -0.190. The minimum absolute atomic E-state index is 0.0807. The van der Waals surface area contributed by atoms with E-state index in [4.69, 9.17) is 4.74 Å². The molecule has 0 N–H and O–H groups in total. The lowest BCUT2D eigenvalue weighted by atomic mass is 9.71. The number of esters is 1. The van der Waals surface area contributed by atoms with Gasteiger partial charge in [-0.15, -0.1) is 0 Å². The number of nitrogens with zero attached hydrogens (tertiary/aromatic N) is 1. The molecule has 0 saturated heterocycles. The summed E-state index contributed by atoms with van der Waals surface area (Å²) in [6, 6.07) is 0. The van der Waals surface area contributed by atoms with Gasteiger partial charge < -0.3 is 9.64 Å². The van der Waals surface area contributed by atoms with Gasteiger partial charge >= 0.3 is 5.97 Å². The van der Waals surface area contributed by atoms with Crippen LogP contribution in [0.4, 0.5) is 0 Å². The third-order valence-electron chi connectivity index (χ3n) is 5.99. The number of ketones is 1. The van der Waals surface area contributed by atoms with E-state index in [1.54, 1.807) is 0 Å². The Morgan fingerprint density at radius 3 is 2.08 bits per heavy atom. The predicted octanol–water partition coefficient (Wildman–Crippen LogP) is 3.83. The maximum Gasteiger partial charge on any atom is 0.309 e. The number of carbonyl (C=O) groups is 2. The summed E-state index contributed by atoms with van der Waals surface area (Å²) in [7, 11) is 0. The first-order chi connectivity index (χ1) is 11.7. The molecule has 2 fully saturated rings. The predicted molar refractivity (Wildman–Crippen MR) is 95.8 cm³/mol. The Morgan fingerprint density at radius 1 is 0.875 bits per heavy atom. The molecule has 0 heterocycles. The first-order valence-corrected chi connectivity index (χ1v) is 10.1. The maximum atomic E-state index is 12.9. The van der Waals surface area contributed by atoms with Gasteiger partial charge in [0.15, 0.2) is 0 Å². The molecule has 0 radical (unpaired) electrons. The van der Waals surface area contributed by atoms with E-state index >= 15 is 0 Å². The Bertz CT molecular complexity index is 400. The van der Waals surface area contributed by atoms with Crippen LogP contribution in [0.15, 0.2) is 0 Å². The van der Waals surface area contributed by atoms with Crippen molar-refractivity contribution < 1.29 is 14.3 Å². The highest BCUT2D eigenvalue weighted by Gasteiger charge is 2.39. The molecule has 0 amide bonds. The lowest BCUT2D eigenvalue weighted by Crippen LogP contribution is -2.38. The number of rotatable bonds is 8.